The molecular formula is C12H26O. The van der Waals surface area contributed by atoms with E-state index in [0.29, 0.717) is 12.2 Å². The van der Waals surface area contributed by atoms with Crippen molar-refractivity contribution in [1.29, 1.82) is 0 Å². The maximum Gasteiger partial charge on any atom is 0.0582 e. The van der Waals surface area contributed by atoms with Crippen LogP contribution in [0.4, 0.5) is 0 Å². The summed E-state index contributed by atoms with van der Waals surface area (Å²) in [6, 6.07) is 0. The Morgan fingerprint density at radius 1 is 1.15 bits per heavy atom. The topological polar surface area (TPSA) is 9.23 Å². The highest BCUT2D eigenvalue weighted by atomic mass is 16.5. The standard InChI is InChI=1S/C10H20O.C2H6/c1-4-9-5-6-10(11-9)7-8(2)3;1-2/h8-10H,4-7H2,1-3H3;1-2H3. The van der Waals surface area contributed by atoms with Crippen molar-refractivity contribution in [2.45, 2.75) is 72.5 Å². The predicted octanol–water partition coefficient (Wildman–Crippen LogP) is 4.02. The summed E-state index contributed by atoms with van der Waals surface area (Å²) in [6.07, 6.45) is 6.15. The minimum Gasteiger partial charge on any atom is -0.375 e. The summed E-state index contributed by atoms with van der Waals surface area (Å²) in [4.78, 5) is 0. The highest BCUT2D eigenvalue weighted by Gasteiger charge is 2.23. The Bertz CT molecular complexity index is 110. The lowest BCUT2D eigenvalue weighted by Gasteiger charge is -2.13. The van der Waals surface area contributed by atoms with Crippen molar-refractivity contribution < 1.29 is 4.74 Å². The predicted molar refractivity (Wildman–Crippen MR) is 59.0 cm³/mol. The van der Waals surface area contributed by atoms with Crippen molar-refractivity contribution in [3.63, 3.8) is 0 Å². The fourth-order valence-electron chi connectivity index (χ4n) is 1.78. The van der Waals surface area contributed by atoms with E-state index in [9.17, 15) is 0 Å². The van der Waals surface area contributed by atoms with Crippen molar-refractivity contribution >= 4 is 0 Å². The summed E-state index contributed by atoms with van der Waals surface area (Å²) in [6.45, 7) is 10.7. The van der Waals surface area contributed by atoms with Crippen molar-refractivity contribution in [2.24, 2.45) is 5.92 Å². The monoisotopic (exact) mass is 186 g/mol. The van der Waals surface area contributed by atoms with E-state index >= 15 is 0 Å². The molecule has 0 aromatic heterocycles. The Morgan fingerprint density at radius 2 is 1.69 bits per heavy atom. The quantitative estimate of drug-likeness (QED) is 0.647. The third kappa shape index (κ3) is 5.30. The molecule has 0 spiro atoms. The van der Waals surface area contributed by atoms with Crippen LogP contribution in [0.2, 0.25) is 0 Å². The normalized spacial score (nSPS) is 27.2. The third-order valence-corrected chi connectivity index (χ3v) is 2.39. The Morgan fingerprint density at radius 3 is 2.08 bits per heavy atom. The molecule has 1 fully saturated rings. The van der Waals surface area contributed by atoms with Crippen molar-refractivity contribution in [3.05, 3.63) is 0 Å². The van der Waals surface area contributed by atoms with E-state index in [4.69, 9.17) is 4.74 Å². The van der Waals surface area contributed by atoms with Crippen LogP contribution in [0.3, 0.4) is 0 Å². The molecule has 0 bridgehead atoms. The van der Waals surface area contributed by atoms with Crippen molar-refractivity contribution in [1.82, 2.24) is 0 Å². The molecular weight excluding hydrogens is 160 g/mol. The van der Waals surface area contributed by atoms with Gasteiger partial charge in [0.1, 0.15) is 0 Å². The van der Waals surface area contributed by atoms with Crippen molar-refractivity contribution in [2.75, 3.05) is 0 Å². The number of rotatable bonds is 3. The van der Waals surface area contributed by atoms with Crippen LogP contribution in [0.15, 0.2) is 0 Å². The molecule has 0 aromatic rings. The van der Waals surface area contributed by atoms with Gasteiger partial charge in [-0.15, -0.1) is 0 Å². The first-order valence-corrected chi connectivity index (χ1v) is 5.87. The number of ether oxygens (including phenoxy) is 1. The van der Waals surface area contributed by atoms with E-state index in [1.54, 1.807) is 0 Å². The highest BCUT2D eigenvalue weighted by Crippen LogP contribution is 2.25. The van der Waals surface area contributed by atoms with Crippen LogP contribution in [0.25, 0.3) is 0 Å². The van der Waals surface area contributed by atoms with Gasteiger partial charge in [0.05, 0.1) is 12.2 Å². The Kier molecular flexibility index (Phi) is 7.35. The van der Waals surface area contributed by atoms with Crippen LogP contribution >= 0.6 is 0 Å². The van der Waals surface area contributed by atoms with Gasteiger partial charge in [-0.1, -0.05) is 34.6 Å². The SMILES string of the molecule is CC.CCC1CCC(CC(C)C)O1. The molecule has 1 rings (SSSR count). The summed E-state index contributed by atoms with van der Waals surface area (Å²) in [5, 5.41) is 0. The Labute approximate surface area is 83.9 Å². The smallest absolute Gasteiger partial charge is 0.0582 e. The largest absolute Gasteiger partial charge is 0.375 e. The molecule has 0 aromatic carbocycles. The zero-order valence-corrected chi connectivity index (χ0v) is 9.97. The van der Waals surface area contributed by atoms with E-state index in [0.717, 1.165) is 5.92 Å². The summed E-state index contributed by atoms with van der Waals surface area (Å²) in [5.74, 6) is 0.788. The average molecular weight is 186 g/mol. The molecule has 1 heterocycles. The average Bonchev–Trinajstić information content (AvgIpc) is 2.55. The molecule has 80 valence electrons. The van der Waals surface area contributed by atoms with E-state index < -0.39 is 0 Å². The molecule has 1 aliphatic rings. The second-order valence-corrected chi connectivity index (χ2v) is 4.00. The molecule has 1 nitrogen and oxygen atoms in total. The van der Waals surface area contributed by atoms with Crippen LogP contribution in [0.5, 0.6) is 0 Å². The van der Waals surface area contributed by atoms with Gasteiger partial charge in [0.15, 0.2) is 0 Å². The Balaban J connectivity index is 0.000000671. The van der Waals surface area contributed by atoms with Crippen molar-refractivity contribution in [3.8, 4) is 0 Å². The lowest BCUT2D eigenvalue weighted by atomic mass is 10.0. The van der Waals surface area contributed by atoms with Gasteiger partial charge in [-0.2, -0.15) is 0 Å². The van der Waals surface area contributed by atoms with E-state index in [1.165, 1.54) is 25.7 Å². The first-order chi connectivity index (χ1) is 6.22. The molecule has 0 radical (unpaired) electrons. The number of hydrogen-bond acceptors (Lipinski definition) is 1. The van der Waals surface area contributed by atoms with Gasteiger partial charge in [0.2, 0.25) is 0 Å². The van der Waals surface area contributed by atoms with Crippen LogP contribution in [-0.4, -0.2) is 12.2 Å². The van der Waals surface area contributed by atoms with Gasteiger partial charge in [-0.25, -0.2) is 0 Å². The van der Waals surface area contributed by atoms with Crippen LogP contribution in [-0.2, 0) is 4.74 Å². The fourth-order valence-corrected chi connectivity index (χ4v) is 1.78. The minimum absolute atomic E-state index is 0.568. The van der Waals surface area contributed by atoms with Crippen LogP contribution < -0.4 is 0 Å². The summed E-state index contributed by atoms with van der Waals surface area (Å²) in [5.41, 5.74) is 0. The highest BCUT2D eigenvalue weighted by molar-refractivity contribution is 4.73. The van der Waals surface area contributed by atoms with E-state index in [1.807, 2.05) is 13.8 Å². The molecule has 1 heteroatoms. The number of hydrogen-bond donors (Lipinski definition) is 0. The molecule has 13 heavy (non-hydrogen) atoms. The molecule has 2 atom stereocenters. The van der Waals surface area contributed by atoms with Crippen LogP contribution in [0, 0.1) is 5.92 Å². The summed E-state index contributed by atoms with van der Waals surface area (Å²) in [7, 11) is 0. The Hall–Kier alpha value is -0.0400. The minimum atomic E-state index is 0.568. The lowest BCUT2D eigenvalue weighted by Crippen LogP contribution is -2.12. The first-order valence-electron chi connectivity index (χ1n) is 5.87. The molecule has 0 N–H and O–H groups in total. The van der Waals surface area contributed by atoms with Gasteiger partial charge >= 0.3 is 0 Å². The molecule has 1 saturated heterocycles. The lowest BCUT2D eigenvalue weighted by molar-refractivity contribution is 0.0323. The van der Waals surface area contributed by atoms with Gasteiger partial charge in [-0.3, -0.25) is 0 Å². The second-order valence-electron chi connectivity index (χ2n) is 4.00. The van der Waals surface area contributed by atoms with Crippen LogP contribution in [0.1, 0.15) is 60.3 Å². The molecule has 2 unspecified atom stereocenters. The van der Waals surface area contributed by atoms with Gasteiger partial charge in [-0.05, 0) is 31.6 Å². The molecule has 0 amide bonds. The first kappa shape index (κ1) is 13.0. The van der Waals surface area contributed by atoms with Gasteiger partial charge in [0.25, 0.3) is 0 Å². The maximum absolute atomic E-state index is 5.82. The van der Waals surface area contributed by atoms with Gasteiger partial charge < -0.3 is 4.74 Å². The molecule has 1 aliphatic heterocycles. The summed E-state index contributed by atoms with van der Waals surface area (Å²) < 4.78 is 5.82. The molecule has 0 aliphatic carbocycles. The van der Waals surface area contributed by atoms with E-state index in [2.05, 4.69) is 20.8 Å². The molecule has 0 saturated carbocycles. The third-order valence-electron chi connectivity index (χ3n) is 2.39. The summed E-state index contributed by atoms with van der Waals surface area (Å²) >= 11 is 0. The van der Waals surface area contributed by atoms with E-state index in [-0.39, 0.29) is 0 Å². The zero-order chi connectivity index (χ0) is 10.3. The van der Waals surface area contributed by atoms with Gasteiger partial charge in [0, 0.05) is 0 Å². The fraction of sp³-hybridized carbons (Fsp3) is 1.00. The maximum atomic E-state index is 5.82. The second kappa shape index (κ2) is 7.37. The zero-order valence-electron chi connectivity index (χ0n) is 9.97.